The van der Waals surface area contributed by atoms with Crippen LogP contribution in [-0.2, 0) is 4.74 Å². The zero-order chi connectivity index (χ0) is 14.1. The first-order valence-corrected chi connectivity index (χ1v) is 7.98. The average molecular weight is 268 g/mol. The first-order chi connectivity index (χ1) is 8.91. The molecule has 0 aromatic carbocycles. The second kappa shape index (κ2) is 5.71. The number of rotatable bonds is 3. The summed E-state index contributed by atoms with van der Waals surface area (Å²) in [4.78, 5) is 2.69. The highest BCUT2D eigenvalue weighted by atomic mass is 16.5. The maximum absolute atomic E-state index is 6.19. The fraction of sp³-hybridized carbons (Fsp3) is 1.00. The predicted octanol–water partition coefficient (Wildman–Crippen LogP) is 2.64. The topological polar surface area (TPSA) is 38.5 Å². The van der Waals surface area contributed by atoms with Crippen molar-refractivity contribution in [2.75, 3.05) is 26.2 Å². The molecule has 0 aromatic heterocycles. The van der Waals surface area contributed by atoms with Gasteiger partial charge in [0, 0.05) is 25.2 Å². The van der Waals surface area contributed by atoms with Crippen molar-refractivity contribution in [3.8, 4) is 0 Å². The lowest BCUT2D eigenvalue weighted by Gasteiger charge is -2.47. The van der Waals surface area contributed by atoms with Crippen molar-refractivity contribution in [2.24, 2.45) is 17.1 Å². The van der Waals surface area contributed by atoms with Gasteiger partial charge in [-0.2, -0.15) is 0 Å². The molecule has 0 amide bonds. The van der Waals surface area contributed by atoms with Gasteiger partial charge >= 0.3 is 0 Å². The van der Waals surface area contributed by atoms with Crippen LogP contribution in [0.3, 0.4) is 0 Å². The van der Waals surface area contributed by atoms with Crippen molar-refractivity contribution in [1.82, 2.24) is 4.90 Å². The van der Waals surface area contributed by atoms with Crippen molar-refractivity contribution in [3.05, 3.63) is 0 Å². The molecule has 0 aromatic rings. The maximum Gasteiger partial charge on any atom is 0.0590 e. The number of likely N-dealkylation sites (tertiary alicyclic amines) is 1. The minimum atomic E-state index is 0.207. The van der Waals surface area contributed by atoms with Crippen LogP contribution in [0.4, 0.5) is 0 Å². The molecule has 0 bridgehead atoms. The highest BCUT2D eigenvalue weighted by Gasteiger charge is 2.44. The molecule has 2 rings (SSSR count). The summed E-state index contributed by atoms with van der Waals surface area (Å²) < 4.78 is 5.86. The van der Waals surface area contributed by atoms with E-state index in [2.05, 4.69) is 32.6 Å². The van der Waals surface area contributed by atoms with Gasteiger partial charge in [-0.25, -0.2) is 0 Å². The molecule has 2 heterocycles. The van der Waals surface area contributed by atoms with E-state index >= 15 is 0 Å². The first kappa shape index (κ1) is 15.3. The van der Waals surface area contributed by atoms with Gasteiger partial charge in [-0.1, -0.05) is 27.7 Å². The van der Waals surface area contributed by atoms with Crippen LogP contribution in [0.15, 0.2) is 0 Å². The molecule has 2 aliphatic heterocycles. The number of ether oxygens (including phenoxy) is 1. The molecule has 2 saturated heterocycles. The van der Waals surface area contributed by atoms with Crippen LogP contribution in [0.25, 0.3) is 0 Å². The van der Waals surface area contributed by atoms with Gasteiger partial charge in [0.1, 0.15) is 0 Å². The third-order valence-electron chi connectivity index (χ3n) is 5.45. The minimum Gasteiger partial charge on any atom is -0.378 e. The van der Waals surface area contributed by atoms with Crippen LogP contribution in [0.2, 0.25) is 0 Å². The summed E-state index contributed by atoms with van der Waals surface area (Å²) in [5.74, 6) is 0.804. The molecule has 112 valence electrons. The SMILES string of the molecule is CCC1CC(CN)(N2CCC(C(C)(C)C)C2)CCO1. The van der Waals surface area contributed by atoms with Gasteiger partial charge in [0.15, 0.2) is 0 Å². The lowest BCUT2D eigenvalue weighted by molar-refractivity contribution is -0.0676. The van der Waals surface area contributed by atoms with Crippen molar-refractivity contribution >= 4 is 0 Å². The highest BCUT2D eigenvalue weighted by molar-refractivity contribution is 5.00. The summed E-state index contributed by atoms with van der Waals surface area (Å²) in [7, 11) is 0. The first-order valence-electron chi connectivity index (χ1n) is 7.98. The van der Waals surface area contributed by atoms with E-state index in [1.54, 1.807) is 0 Å². The van der Waals surface area contributed by atoms with Gasteiger partial charge in [-0.15, -0.1) is 0 Å². The summed E-state index contributed by atoms with van der Waals surface area (Å²) in [6.45, 7) is 13.4. The second-order valence-electron chi connectivity index (χ2n) is 7.58. The van der Waals surface area contributed by atoms with E-state index < -0.39 is 0 Å². The molecule has 3 atom stereocenters. The largest absolute Gasteiger partial charge is 0.378 e. The number of hydrogen-bond acceptors (Lipinski definition) is 3. The number of hydrogen-bond donors (Lipinski definition) is 1. The molecule has 2 aliphatic rings. The van der Waals surface area contributed by atoms with Crippen LogP contribution in [0.1, 0.15) is 53.4 Å². The molecule has 2 N–H and O–H groups in total. The molecule has 2 fully saturated rings. The van der Waals surface area contributed by atoms with Crippen LogP contribution in [-0.4, -0.2) is 42.8 Å². The third-order valence-corrected chi connectivity index (χ3v) is 5.45. The number of nitrogens with two attached hydrogens (primary N) is 1. The minimum absolute atomic E-state index is 0.207. The normalized spacial score (nSPS) is 37.7. The van der Waals surface area contributed by atoms with E-state index in [0.717, 1.165) is 38.3 Å². The highest BCUT2D eigenvalue weighted by Crippen LogP contribution is 2.40. The molecule has 3 nitrogen and oxygen atoms in total. The maximum atomic E-state index is 6.19. The van der Waals surface area contributed by atoms with Crippen LogP contribution < -0.4 is 5.73 Å². The van der Waals surface area contributed by atoms with Gasteiger partial charge in [-0.3, -0.25) is 4.90 Å². The van der Waals surface area contributed by atoms with Crippen molar-refractivity contribution in [1.29, 1.82) is 0 Å². The second-order valence-corrected chi connectivity index (χ2v) is 7.58. The zero-order valence-corrected chi connectivity index (χ0v) is 13.2. The lowest BCUT2D eigenvalue weighted by atomic mass is 9.80. The van der Waals surface area contributed by atoms with E-state index in [4.69, 9.17) is 10.5 Å². The Morgan fingerprint density at radius 2 is 2.11 bits per heavy atom. The number of nitrogens with zero attached hydrogens (tertiary/aromatic N) is 1. The van der Waals surface area contributed by atoms with E-state index in [1.165, 1.54) is 19.5 Å². The Hall–Kier alpha value is -0.120. The predicted molar refractivity (Wildman–Crippen MR) is 80.2 cm³/mol. The van der Waals surface area contributed by atoms with Gasteiger partial charge in [0.05, 0.1) is 6.10 Å². The molecule has 0 spiro atoms. The van der Waals surface area contributed by atoms with E-state index in [0.29, 0.717) is 11.5 Å². The smallest absolute Gasteiger partial charge is 0.0590 e. The van der Waals surface area contributed by atoms with Crippen LogP contribution in [0.5, 0.6) is 0 Å². The summed E-state index contributed by atoms with van der Waals surface area (Å²) in [5.41, 5.74) is 6.82. The van der Waals surface area contributed by atoms with Gasteiger partial charge in [0.2, 0.25) is 0 Å². The monoisotopic (exact) mass is 268 g/mol. The van der Waals surface area contributed by atoms with E-state index in [1.807, 2.05) is 0 Å². The summed E-state index contributed by atoms with van der Waals surface area (Å²) in [5, 5.41) is 0. The van der Waals surface area contributed by atoms with E-state index in [-0.39, 0.29) is 5.54 Å². The summed E-state index contributed by atoms with van der Waals surface area (Å²) >= 11 is 0. The Kier molecular flexibility index (Phi) is 4.59. The molecule has 0 aliphatic carbocycles. The standard InChI is InChI=1S/C16H32N2O/c1-5-14-10-16(12-17,7-9-19-14)18-8-6-13(11-18)15(2,3)4/h13-14H,5-12,17H2,1-4H3. The summed E-state index contributed by atoms with van der Waals surface area (Å²) in [6, 6.07) is 0. The Morgan fingerprint density at radius 1 is 1.37 bits per heavy atom. The van der Waals surface area contributed by atoms with Gasteiger partial charge < -0.3 is 10.5 Å². The molecule has 3 unspecified atom stereocenters. The molecule has 0 radical (unpaired) electrons. The Bertz CT molecular complexity index is 300. The zero-order valence-electron chi connectivity index (χ0n) is 13.2. The fourth-order valence-electron chi connectivity index (χ4n) is 3.76. The molecule has 19 heavy (non-hydrogen) atoms. The van der Waals surface area contributed by atoms with Crippen LogP contribution in [0, 0.1) is 11.3 Å². The Labute approximate surface area is 118 Å². The van der Waals surface area contributed by atoms with Gasteiger partial charge in [-0.05, 0) is 43.6 Å². The quantitative estimate of drug-likeness (QED) is 0.855. The van der Waals surface area contributed by atoms with Crippen molar-refractivity contribution < 1.29 is 4.74 Å². The molecule has 3 heteroatoms. The van der Waals surface area contributed by atoms with Gasteiger partial charge in [0.25, 0.3) is 0 Å². The summed E-state index contributed by atoms with van der Waals surface area (Å²) in [6.07, 6.45) is 5.07. The Morgan fingerprint density at radius 3 is 2.63 bits per heavy atom. The third kappa shape index (κ3) is 3.14. The lowest BCUT2D eigenvalue weighted by Crippen LogP contribution is -2.57. The van der Waals surface area contributed by atoms with Crippen molar-refractivity contribution in [3.63, 3.8) is 0 Å². The Balaban J connectivity index is 2.06. The average Bonchev–Trinajstić information content (AvgIpc) is 2.88. The molecular weight excluding hydrogens is 236 g/mol. The molecular formula is C16H32N2O. The molecule has 0 saturated carbocycles. The van der Waals surface area contributed by atoms with E-state index in [9.17, 15) is 0 Å². The fourth-order valence-corrected chi connectivity index (χ4v) is 3.76. The van der Waals surface area contributed by atoms with Crippen LogP contribution >= 0.6 is 0 Å². The van der Waals surface area contributed by atoms with Crippen molar-refractivity contribution in [2.45, 2.75) is 65.0 Å².